The first-order valence-corrected chi connectivity index (χ1v) is 15.3. The molecule has 1 saturated heterocycles. The van der Waals surface area contributed by atoms with Gasteiger partial charge < -0.3 is 9.47 Å². The number of aliphatic imine (C=N–C) groups is 1. The van der Waals surface area contributed by atoms with Crippen molar-refractivity contribution in [2.75, 3.05) is 7.11 Å². The van der Waals surface area contributed by atoms with Crippen molar-refractivity contribution in [3.63, 3.8) is 0 Å². The van der Waals surface area contributed by atoms with Gasteiger partial charge in [-0.3, -0.25) is 14.7 Å². The van der Waals surface area contributed by atoms with Crippen LogP contribution in [0.15, 0.2) is 65.0 Å². The summed E-state index contributed by atoms with van der Waals surface area (Å²) in [6, 6.07) is 14.8. The van der Waals surface area contributed by atoms with E-state index in [-0.39, 0.29) is 11.9 Å². The van der Waals surface area contributed by atoms with E-state index >= 15 is 0 Å². The van der Waals surface area contributed by atoms with Gasteiger partial charge in [0.1, 0.15) is 6.61 Å². The van der Waals surface area contributed by atoms with Crippen molar-refractivity contribution in [2.45, 2.75) is 89.3 Å². The lowest BCUT2D eigenvalue weighted by molar-refractivity contribution is -0.124. The summed E-state index contributed by atoms with van der Waals surface area (Å²) in [5.41, 5.74) is 3.01. The fourth-order valence-electron chi connectivity index (χ4n) is 5.87. The van der Waals surface area contributed by atoms with E-state index in [2.05, 4.69) is 12.6 Å². The maximum absolute atomic E-state index is 13.8. The highest BCUT2D eigenvalue weighted by Crippen LogP contribution is 2.40. The first-order valence-electron chi connectivity index (χ1n) is 14.5. The Balaban J connectivity index is 1.44. The topological polar surface area (TPSA) is 51.1 Å². The predicted molar refractivity (Wildman–Crippen MR) is 161 cm³/mol. The molecule has 206 valence electrons. The third-order valence-electron chi connectivity index (χ3n) is 7.91. The van der Waals surface area contributed by atoms with E-state index in [9.17, 15) is 4.79 Å². The molecular weight excluding hydrogens is 504 g/mol. The van der Waals surface area contributed by atoms with E-state index in [4.69, 9.17) is 14.5 Å². The fourth-order valence-corrected chi connectivity index (χ4v) is 6.98. The van der Waals surface area contributed by atoms with Crippen LogP contribution >= 0.6 is 11.8 Å². The first-order chi connectivity index (χ1) is 19.2. The molecule has 0 radical (unpaired) electrons. The van der Waals surface area contributed by atoms with Crippen LogP contribution in [0, 0.1) is 0 Å². The standard InChI is InChI=1S/C33H40N2O3S/c1-3-13-26-20-25(21-29(37-2)31(26)38-23-24-14-7-4-8-15-24)22-30-32(36)35(28-18-11-6-12-19-28)33(39-30)34-27-16-9-5-10-17-27/h3-4,7-8,14-15,20-22,27-28H,1,5-6,9-13,16-19,23H2,2H3. The van der Waals surface area contributed by atoms with Gasteiger partial charge in [-0.1, -0.05) is 74.9 Å². The predicted octanol–water partition coefficient (Wildman–Crippen LogP) is 7.94. The zero-order valence-electron chi connectivity index (χ0n) is 23.1. The van der Waals surface area contributed by atoms with Crippen LogP contribution in [0.25, 0.3) is 6.08 Å². The third kappa shape index (κ3) is 6.78. The van der Waals surface area contributed by atoms with Crippen LogP contribution in [0.5, 0.6) is 11.5 Å². The summed E-state index contributed by atoms with van der Waals surface area (Å²) in [6.07, 6.45) is 16.3. The number of allylic oxidation sites excluding steroid dienone is 1. The number of thioether (sulfide) groups is 1. The fraction of sp³-hybridized carbons (Fsp3) is 0.455. The van der Waals surface area contributed by atoms with E-state index in [0.717, 1.165) is 58.2 Å². The number of carbonyl (C=O) groups excluding carboxylic acids is 1. The molecule has 6 heteroatoms. The molecule has 0 spiro atoms. The quantitative estimate of drug-likeness (QED) is 0.237. The Hall–Kier alpha value is -2.99. The summed E-state index contributed by atoms with van der Waals surface area (Å²) in [4.78, 5) is 21.8. The molecule has 0 bridgehead atoms. The molecule has 0 atom stereocenters. The lowest BCUT2D eigenvalue weighted by Crippen LogP contribution is -2.41. The summed E-state index contributed by atoms with van der Waals surface area (Å²) in [5.74, 6) is 1.47. The minimum atomic E-state index is 0.0927. The van der Waals surface area contributed by atoms with Crippen molar-refractivity contribution >= 4 is 28.9 Å². The van der Waals surface area contributed by atoms with Crippen molar-refractivity contribution in [1.29, 1.82) is 0 Å². The number of nitrogens with zero attached hydrogens (tertiary/aromatic N) is 2. The molecule has 2 aliphatic carbocycles. The minimum Gasteiger partial charge on any atom is -0.493 e. The van der Waals surface area contributed by atoms with Gasteiger partial charge in [0.15, 0.2) is 16.7 Å². The Morgan fingerprint density at radius 2 is 1.74 bits per heavy atom. The van der Waals surface area contributed by atoms with E-state index in [1.807, 2.05) is 53.5 Å². The lowest BCUT2D eigenvalue weighted by atomic mass is 9.94. The van der Waals surface area contributed by atoms with Crippen LogP contribution in [-0.4, -0.2) is 35.2 Å². The Morgan fingerprint density at radius 1 is 1.03 bits per heavy atom. The van der Waals surface area contributed by atoms with Gasteiger partial charge in [0.05, 0.1) is 18.1 Å². The molecule has 3 aliphatic rings. The number of ether oxygens (including phenoxy) is 2. The van der Waals surface area contributed by atoms with Crippen LogP contribution in [-0.2, 0) is 17.8 Å². The molecule has 2 aromatic carbocycles. The van der Waals surface area contributed by atoms with Crippen LogP contribution in [0.4, 0.5) is 0 Å². The second kappa shape index (κ2) is 13.4. The second-order valence-corrected chi connectivity index (χ2v) is 11.8. The van der Waals surface area contributed by atoms with Gasteiger partial charge in [0.2, 0.25) is 0 Å². The van der Waals surface area contributed by atoms with Crippen molar-refractivity contribution in [3.8, 4) is 11.5 Å². The number of hydrogen-bond donors (Lipinski definition) is 0. The lowest BCUT2D eigenvalue weighted by Gasteiger charge is -2.31. The molecule has 2 saturated carbocycles. The third-order valence-corrected chi connectivity index (χ3v) is 8.90. The maximum atomic E-state index is 13.8. The summed E-state index contributed by atoms with van der Waals surface area (Å²) in [5, 5.41) is 0.908. The summed E-state index contributed by atoms with van der Waals surface area (Å²) in [6.45, 7) is 4.40. The highest BCUT2D eigenvalue weighted by molar-refractivity contribution is 8.18. The average molecular weight is 545 g/mol. The molecule has 1 heterocycles. The number of amidine groups is 1. The molecule has 5 nitrogen and oxygen atoms in total. The van der Waals surface area contributed by atoms with E-state index in [1.54, 1.807) is 18.9 Å². The molecule has 1 aliphatic heterocycles. The zero-order chi connectivity index (χ0) is 27.0. The SMILES string of the molecule is C=CCc1cc(C=C2SC(=NC3CCCCC3)N(C3CCCCC3)C2=O)cc(OC)c1OCc1ccccc1. The smallest absolute Gasteiger partial charge is 0.266 e. The molecule has 1 amide bonds. The van der Waals surface area contributed by atoms with E-state index in [1.165, 1.54) is 38.5 Å². The molecule has 3 fully saturated rings. The number of methoxy groups -OCH3 is 1. The first kappa shape index (κ1) is 27.6. The Labute approximate surface area is 237 Å². The number of benzene rings is 2. The van der Waals surface area contributed by atoms with Gasteiger partial charge in [0.25, 0.3) is 5.91 Å². The monoisotopic (exact) mass is 544 g/mol. The highest BCUT2D eigenvalue weighted by atomic mass is 32.2. The van der Waals surface area contributed by atoms with Gasteiger partial charge in [-0.2, -0.15) is 0 Å². The number of rotatable bonds is 9. The molecule has 0 aromatic heterocycles. The highest BCUT2D eigenvalue weighted by Gasteiger charge is 2.39. The second-order valence-electron chi connectivity index (χ2n) is 10.8. The van der Waals surface area contributed by atoms with Gasteiger partial charge in [-0.25, -0.2) is 0 Å². The number of hydrogen-bond acceptors (Lipinski definition) is 5. The molecule has 39 heavy (non-hydrogen) atoms. The van der Waals surface area contributed by atoms with Crippen LogP contribution in [0.2, 0.25) is 0 Å². The largest absolute Gasteiger partial charge is 0.493 e. The normalized spacial score (nSPS) is 21.1. The Bertz CT molecular complexity index is 1210. The molecule has 5 rings (SSSR count). The van der Waals surface area contributed by atoms with Crippen LogP contribution in [0.3, 0.4) is 0 Å². The van der Waals surface area contributed by atoms with Crippen molar-refractivity contribution in [3.05, 3.63) is 76.7 Å². The van der Waals surface area contributed by atoms with Crippen molar-refractivity contribution in [1.82, 2.24) is 4.90 Å². The number of amides is 1. The van der Waals surface area contributed by atoms with Gasteiger partial charge in [-0.05, 0) is 73.2 Å². The van der Waals surface area contributed by atoms with Gasteiger partial charge >= 0.3 is 0 Å². The summed E-state index contributed by atoms with van der Waals surface area (Å²) in [7, 11) is 1.66. The zero-order valence-corrected chi connectivity index (χ0v) is 23.9. The minimum absolute atomic E-state index is 0.0927. The molecule has 0 N–H and O–H groups in total. The summed E-state index contributed by atoms with van der Waals surface area (Å²) >= 11 is 1.55. The molecular formula is C33H40N2O3S. The molecule has 2 aromatic rings. The number of carbonyl (C=O) groups is 1. The Kier molecular flexibility index (Phi) is 9.46. The Morgan fingerprint density at radius 3 is 2.44 bits per heavy atom. The van der Waals surface area contributed by atoms with Gasteiger partial charge in [-0.15, -0.1) is 6.58 Å². The summed E-state index contributed by atoms with van der Waals surface area (Å²) < 4.78 is 12.0. The maximum Gasteiger partial charge on any atom is 0.266 e. The molecule has 0 unspecified atom stereocenters. The van der Waals surface area contributed by atoms with Crippen LogP contribution in [0.1, 0.15) is 80.9 Å². The van der Waals surface area contributed by atoms with Gasteiger partial charge in [0, 0.05) is 11.6 Å². The van der Waals surface area contributed by atoms with Crippen molar-refractivity contribution < 1.29 is 14.3 Å². The van der Waals surface area contributed by atoms with E-state index < -0.39 is 0 Å². The average Bonchev–Trinajstić information content (AvgIpc) is 3.27. The van der Waals surface area contributed by atoms with E-state index in [0.29, 0.717) is 24.8 Å². The van der Waals surface area contributed by atoms with Crippen LogP contribution < -0.4 is 9.47 Å². The van der Waals surface area contributed by atoms with Crippen molar-refractivity contribution in [2.24, 2.45) is 4.99 Å².